The molecule has 1 aromatic heterocycles. The molecule has 7 nitrogen and oxygen atoms in total. The van der Waals surface area contributed by atoms with E-state index >= 15 is 0 Å². The normalized spacial score (nSPS) is 11.2. The minimum absolute atomic E-state index is 0.154. The molecule has 4 aromatic rings. The van der Waals surface area contributed by atoms with E-state index in [4.69, 9.17) is 14.5 Å². The molecule has 0 bridgehead atoms. The summed E-state index contributed by atoms with van der Waals surface area (Å²) in [5, 5.41) is 0.563. The molecule has 0 aliphatic heterocycles. The average Bonchev–Trinajstić information content (AvgIpc) is 2.83. The lowest BCUT2D eigenvalue weighted by Crippen LogP contribution is -2.15. The Morgan fingerprint density at radius 3 is 2.41 bits per heavy atom. The summed E-state index contributed by atoms with van der Waals surface area (Å²) in [6.45, 7) is 3.70. The maximum atomic E-state index is 12.8. The van der Waals surface area contributed by atoms with Crippen LogP contribution in [0.4, 0.5) is 5.69 Å². The van der Waals surface area contributed by atoms with Gasteiger partial charge in [-0.3, -0.25) is 4.72 Å². The van der Waals surface area contributed by atoms with Gasteiger partial charge in [0.1, 0.15) is 5.75 Å². The van der Waals surface area contributed by atoms with Crippen LogP contribution in [0.25, 0.3) is 22.2 Å². The van der Waals surface area contributed by atoms with Crippen molar-refractivity contribution in [2.24, 2.45) is 0 Å². The largest absolute Gasteiger partial charge is 0.481 e. The maximum Gasteiger partial charge on any atom is 0.344 e. The quantitative estimate of drug-likeness (QED) is 0.362. The molecule has 34 heavy (non-hydrogen) atoms. The van der Waals surface area contributed by atoms with Crippen LogP contribution in [0.15, 0.2) is 83.8 Å². The Morgan fingerprint density at radius 2 is 1.71 bits per heavy atom. The molecule has 0 unspecified atom stereocenters. The van der Waals surface area contributed by atoms with E-state index in [-0.39, 0.29) is 18.1 Å². The topological polar surface area (TPSA) is 94.6 Å². The van der Waals surface area contributed by atoms with Gasteiger partial charge < -0.3 is 9.47 Å². The predicted molar refractivity (Wildman–Crippen MR) is 131 cm³/mol. The lowest BCUT2D eigenvalue weighted by molar-refractivity contribution is -0.145. The highest BCUT2D eigenvalue weighted by Crippen LogP contribution is 2.32. The number of carbonyl (C=O) groups excluding carboxylic acids is 1. The van der Waals surface area contributed by atoms with Gasteiger partial charge in [0.2, 0.25) is 0 Å². The van der Waals surface area contributed by atoms with E-state index in [1.807, 2.05) is 31.2 Å². The van der Waals surface area contributed by atoms with Crippen molar-refractivity contribution >= 4 is 32.6 Å². The minimum atomic E-state index is -3.77. The molecule has 0 radical (unpaired) electrons. The molecule has 0 fully saturated rings. The fourth-order valence-corrected chi connectivity index (χ4v) is 4.47. The van der Waals surface area contributed by atoms with Crippen LogP contribution < -0.4 is 9.46 Å². The number of nitrogens with zero attached hydrogens (tertiary/aromatic N) is 1. The molecule has 3 aromatic carbocycles. The Bertz CT molecular complexity index is 1420. The number of sulfonamides is 1. The lowest BCUT2D eigenvalue weighted by Gasteiger charge is -2.14. The molecule has 0 aliphatic rings. The van der Waals surface area contributed by atoms with Crippen LogP contribution in [0.1, 0.15) is 12.5 Å². The molecule has 1 N–H and O–H groups in total. The molecule has 0 aliphatic carbocycles. The first kappa shape index (κ1) is 23.3. The van der Waals surface area contributed by atoms with Gasteiger partial charge in [0.25, 0.3) is 10.0 Å². The fourth-order valence-electron chi connectivity index (χ4n) is 3.40. The van der Waals surface area contributed by atoms with Gasteiger partial charge in [-0.05, 0) is 44.2 Å². The van der Waals surface area contributed by atoms with E-state index in [1.54, 1.807) is 49.4 Å². The number of nitrogens with one attached hydrogen (secondary N) is 1. The predicted octanol–water partition coefficient (Wildman–Crippen LogP) is 4.95. The summed E-state index contributed by atoms with van der Waals surface area (Å²) in [6, 6.07) is 22.7. The summed E-state index contributed by atoms with van der Waals surface area (Å²) < 4.78 is 38.9. The van der Waals surface area contributed by atoms with E-state index in [1.165, 1.54) is 12.1 Å². The molecule has 4 rings (SSSR count). The molecule has 1 heterocycles. The molecule has 8 heteroatoms. The zero-order chi connectivity index (χ0) is 24.1. The number of aryl methyl sites for hydroxylation is 1. The molecular formula is C26H24N2O5S. The second-order valence-corrected chi connectivity index (χ2v) is 9.30. The molecule has 0 spiro atoms. The van der Waals surface area contributed by atoms with Gasteiger partial charge in [-0.25, -0.2) is 18.2 Å². The third-order valence-electron chi connectivity index (χ3n) is 5.07. The van der Waals surface area contributed by atoms with Crippen molar-refractivity contribution in [1.29, 1.82) is 0 Å². The number of rotatable bonds is 8. The van der Waals surface area contributed by atoms with Crippen LogP contribution in [-0.4, -0.2) is 32.6 Å². The first-order chi connectivity index (χ1) is 16.4. The number of pyridine rings is 1. The monoisotopic (exact) mass is 476 g/mol. The van der Waals surface area contributed by atoms with Crippen molar-refractivity contribution in [3.8, 4) is 17.0 Å². The maximum absolute atomic E-state index is 12.8. The standard InChI is InChI=1S/C26H24N2O5S/c1-3-32-26(29)17-33-25-16-24(19-11-9-18(2)10-12-19)27-23-14-13-20(15-22(23)25)28-34(30,31)21-7-5-4-6-8-21/h4-16,28H,3,17H2,1-2H3. The lowest BCUT2D eigenvalue weighted by atomic mass is 10.1. The van der Waals surface area contributed by atoms with E-state index < -0.39 is 16.0 Å². The van der Waals surface area contributed by atoms with Crippen LogP contribution in [0.3, 0.4) is 0 Å². The summed E-state index contributed by atoms with van der Waals surface area (Å²) in [4.78, 5) is 16.8. The Kier molecular flexibility index (Phi) is 6.79. The average molecular weight is 477 g/mol. The number of aromatic nitrogens is 1. The van der Waals surface area contributed by atoms with Crippen LogP contribution in [0.5, 0.6) is 5.75 Å². The Hall–Kier alpha value is -3.91. The van der Waals surface area contributed by atoms with Crippen molar-refractivity contribution in [3.05, 3.63) is 84.4 Å². The summed E-state index contributed by atoms with van der Waals surface area (Å²) in [6.07, 6.45) is 0. The first-order valence-electron chi connectivity index (χ1n) is 10.7. The van der Waals surface area contributed by atoms with Crippen molar-refractivity contribution in [2.45, 2.75) is 18.7 Å². The molecule has 0 atom stereocenters. The number of fused-ring (bicyclic) bond motifs is 1. The van der Waals surface area contributed by atoms with Gasteiger partial charge in [0.05, 0.1) is 22.7 Å². The highest BCUT2D eigenvalue weighted by atomic mass is 32.2. The Balaban J connectivity index is 1.74. The van der Waals surface area contributed by atoms with Crippen molar-refractivity contribution in [2.75, 3.05) is 17.9 Å². The van der Waals surface area contributed by atoms with Crippen LogP contribution >= 0.6 is 0 Å². The molecule has 0 saturated heterocycles. The zero-order valence-corrected chi connectivity index (χ0v) is 19.6. The van der Waals surface area contributed by atoms with Gasteiger partial charge in [-0.1, -0.05) is 48.0 Å². The van der Waals surface area contributed by atoms with Gasteiger partial charge in [-0.2, -0.15) is 0 Å². The van der Waals surface area contributed by atoms with E-state index in [2.05, 4.69) is 4.72 Å². The van der Waals surface area contributed by atoms with Gasteiger partial charge in [-0.15, -0.1) is 0 Å². The summed E-state index contributed by atoms with van der Waals surface area (Å²) in [5.74, 6) is -0.0975. The highest BCUT2D eigenvalue weighted by molar-refractivity contribution is 7.92. The highest BCUT2D eigenvalue weighted by Gasteiger charge is 2.16. The smallest absolute Gasteiger partial charge is 0.344 e. The third kappa shape index (κ3) is 5.35. The second-order valence-electron chi connectivity index (χ2n) is 7.62. The summed E-state index contributed by atoms with van der Waals surface area (Å²) >= 11 is 0. The summed E-state index contributed by atoms with van der Waals surface area (Å²) in [7, 11) is -3.77. The zero-order valence-electron chi connectivity index (χ0n) is 18.8. The molecule has 174 valence electrons. The van der Waals surface area contributed by atoms with Crippen LogP contribution in [0, 0.1) is 6.92 Å². The fraction of sp³-hybridized carbons (Fsp3) is 0.154. The molecular weight excluding hydrogens is 452 g/mol. The third-order valence-corrected chi connectivity index (χ3v) is 6.47. The number of hydrogen-bond donors (Lipinski definition) is 1. The SMILES string of the molecule is CCOC(=O)COc1cc(-c2ccc(C)cc2)nc2ccc(NS(=O)(=O)c3ccccc3)cc12. The van der Waals surface area contributed by atoms with Gasteiger partial charge >= 0.3 is 5.97 Å². The van der Waals surface area contributed by atoms with Gasteiger partial charge in [0, 0.05) is 22.7 Å². The van der Waals surface area contributed by atoms with E-state index in [0.29, 0.717) is 28.0 Å². The minimum Gasteiger partial charge on any atom is -0.481 e. The number of carbonyl (C=O) groups is 1. The number of esters is 1. The Labute approximate surface area is 198 Å². The van der Waals surface area contributed by atoms with Crippen molar-refractivity contribution in [3.63, 3.8) is 0 Å². The summed E-state index contributed by atoms with van der Waals surface area (Å²) in [5.41, 5.74) is 3.63. The number of hydrogen-bond acceptors (Lipinski definition) is 6. The molecule has 0 amide bonds. The second kappa shape index (κ2) is 9.93. The van der Waals surface area contributed by atoms with Gasteiger partial charge in [0.15, 0.2) is 6.61 Å². The van der Waals surface area contributed by atoms with Crippen LogP contribution in [-0.2, 0) is 19.6 Å². The van der Waals surface area contributed by atoms with E-state index in [0.717, 1.165) is 11.1 Å². The number of anilines is 1. The number of benzene rings is 3. The number of ether oxygens (including phenoxy) is 2. The first-order valence-corrected chi connectivity index (χ1v) is 12.2. The Morgan fingerprint density at radius 1 is 0.971 bits per heavy atom. The molecule has 0 saturated carbocycles. The van der Waals surface area contributed by atoms with Crippen molar-refractivity contribution in [1.82, 2.24) is 4.98 Å². The van der Waals surface area contributed by atoms with E-state index in [9.17, 15) is 13.2 Å². The van der Waals surface area contributed by atoms with Crippen molar-refractivity contribution < 1.29 is 22.7 Å². The van der Waals surface area contributed by atoms with Crippen LogP contribution in [0.2, 0.25) is 0 Å².